The minimum atomic E-state index is -2.71. The first kappa shape index (κ1) is 29.0. The number of fused-ring (bicyclic) bond motifs is 6. The number of benzene rings is 3. The van der Waals surface area contributed by atoms with E-state index >= 15 is 0 Å². The minimum Gasteiger partial charge on any atom is -0.534 e. The van der Waals surface area contributed by atoms with Crippen molar-refractivity contribution in [3.63, 3.8) is 0 Å². The Bertz CT molecular complexity index is 1450. The van der Waals surface area contributed by atoms with Crippen molar-refractivity contribution in [3.05, 3.63) is 102 Å². The fraction of sp³-hybridized carbons (Fsp3) is 0.474. The van der Waals surface area contributed by atoms with E-state index in [0.717, 1.165) is 37.9 Å². The molecule has 1 N–H and O–H groups in total. The molecule has 1 spiro atoms. The van der Waals surface area contributed by atoms with E-state index in [1.165, 1.54) is 27.1 Å². The van der Waals surface area contributed by atoms with Crippen LogP contribution >= 0.6 is 0 Å². The van der Waals surface area contributed by atoms with Gasteiger partial charge in [0.2, 0.25) is 0 Å². The Morgan fingerprint density at radius 2 is 1.58 bits per heavy atom. The van der Waals surface area contributed by atoms with Crippen LogP contribution in [0.1, 0.15) is 70.4 Å². The second-order valence-corrected chi connectivity index (χ2v) is 18.7. The SMILES string of the molecule is CC(C)(C)[Si](Oc1ccc2c(c1)CC[C@@H]1[C@@H]2/C(=C/CO)C[C@@]2(C)[C@H]1CCC21OCCO1)(c1ccccc1)c1ccccc1. The van der Waals surface area contributed by atoms with Crippen LogP contribution in [0.15, 0.2) is 90.5 Å². The topological polar surface area (TPSA) is 47.9 Å². The van der Waals surface area contributed by atoms with Crippen molar-refractivity contribution in [1.82, 2.24) is 0 Å². The lowest BCUT2D eigenvalue weighted by atomic mass is 9.53. The highest BCUT2D eigenvalue weighted by Crippen LogP contribution is 2.67. The largest absolute Gasteiger partial charge is 0.534 e. The summed E-state index contributed by atoms with van der Waals surface area (Å²) in [5.74, 6) is 1.90. The highest BCUT2D eigenvalue weighted by molar-refractivity contribution is 7.00. The van der Waals surface area contributed by atoms with Crippen LogP contribution in [0.2, 0.25) is 5.04 Å². The van der Waals surface area contributed by atoms with Crippen LogP contribution in [-0.2, 0) is 15.9 Å². The Morgan fingerprint density at radius 1 is 0.930 bits per heavy atom. The predicted molar refractivity (Wildman–Crippen MR) is 174 cm³/mol. The van der Waals surface area contributed by atoms with E-state index in [0.29, 0.717) is 31.0 Å². The number of aryl methyl sites for hydroxylation is 1. The molecule has 1 saturated heterocycles. The van der Waals surface area contributed by atoms with Crippen molar-refractivity contribution in [3.8, 4) is 5.75 Å². The van der Waals surface area contributed by atoms with Crippen molar-refractivity contribution >= 4 is 18.7 Å². The number of rotatable bonds is 5. The molecule has 0 aromatic heterocycles. The van der Waals surface area contributed by atoms with Gasteiger partial charge in [0.25, 0.3) is 0 Å². The Balaban J connectivity index is 1.28. The van der Waals surface area contributed by atoms with E-state index in [4.69, 9.17) is 13.9 Å². The van der Waals surface area contributed by atoms with Crippen molar-refractivity contribution in [2.45, 2.75) is 76.5 Å². The molecule has 3 fully saturated rings. The van der Waals surface area contributed by atoms with Crippen molar-refractivity contribution in [1.29, 1.82) is 0 Å². The van der Waals surface area contributed by atoms with E-state index in [2.05, 4.69) is 113 Å². The quantitative estimate of drug-likeness (QED) is 0.262. The average Bonchev–Trinajstić information content (AvgIpc) is 3.61. The Labute approximate surface area is 258 Å². The molecule has 4 nitrogen and oxygen atoms in total. The monoisotopic (exact) mass is 594 g/mol. The van der Waals surface area contributed by atoms with Crippen LogP contribution in [0.4, 0.5) is 0 Å². The van der Waals surface area contributed by atoms with Crippen LogP contribution < -0.4 is 14.8 Å². The standard InChI is InChI=1S/C38H46O4Si/c1-36(2,3)43(30-11-7-5-8-12-30,31-13-9-6-10-14-31)42-29-16-18-32-27(25-29)15-17-33-34-19-21-38(40-23-24-41-38)37(34,4)26-28(20-22-39)35(32)33/h5-14,16,18,20,25,33-35,39H,15,17,19,21-24,26H2,1-4H3/b28-20+/t33-,34-,35+,37-/m0/s1. The molecule has 0 radical (unpaired) electrons. The van der Waals surface area contributed by atoms with E-state index in [9.17, 15) is 5.11 Å². The minimum absolute atomic E-state index is 0.0600. The first-order valence-corrected chi connectivity index (χ1v) is 18.1. The molecule has 2 saturated carbocycles. The van der Waals surface area contributed by atoms with Crippen LogP contribution in [0.25, 0.3) is 0 Å². The number of hydrogen-bond acceptors (Lipinski definition) is 4. The highest BCUT2D eigenvalue weighted by Gasteiger charge is 2.66. The molecule has 226 valence electrons. The second-order valence-electron chi connectivity index (χ2n) is 14.5. The Hall–Kier alpha value is -2.70. The third-order valence-corrected chi connectivity index (χ3v) is 16.3. The van der Waals surface area contributed by atoms with Gasteiger partial charge >= 0.3 is 8.32 Å². The van der Waals surface area contributed by atoms with Gasteiger partial charge in [0.1, 0.15) is 5.75 Å². The summed E-state index contributed by atoms with van der Waals surface area (Å²) in [6.45, 7) is 10.8. The van der Waals surface area contributed by atoms with Gasteiger partial charge < -0.3 is 19.0 Å². The van der Waals surface area contributed by atoms with Gasteiger partial charge in [-0.1, -0.05) is 106 Å². The number of aliphatic hydroxyl groups is 1. The molecule has 0 amide bonds. The van der Waals surface area contributed by atoms with Crippen molar-refractivity contribution < 1.29 is 19.0 Å². The maximum atomic E-state index is 10.1. The molecular weight excluding hydrogens is 549 g/mol. The lowest BCUT2D eigenvalue weighted by Crippen LogP contribution is -2.68. The molecule has 3 aromatic carbocycles. The molecule has 7 rings (SSSR count). The van der Waals surface area contributed by atoms with Gasteiger partial charge in [-0.25, -0.2) is 0 Å². The average molecular weight is 595 g/mol. The maximum absolute atomic E-state index is 10.1. The fourth-order valence-electron chi connectivity index (χ4n) is 9.58. The van der Waals surface area contributed by atoms with Crippen LogP contribution in [0, 0.1) is 17.3 Å². The first-order chi connectivity index (χ1) is 20.7. The van der Waals surface area contributed by atoms with E-state index in [1.807, 2.05) is 0 Å². The summed E-state index contributed by atoms with van der Waals surface area (Å²) in [6, 6.07) is 28.7. The van der Waals surface area contributed by atoms with E-state index < -0.39 is 14.1 Å². The van der Waals surface area contributed by atoms with Gasteiger partial charge in [0.15, 0.2) is 5.79 Å². The zero-order valence-corrected chi connectivity index (χ0v) is 27.1. The Kier molecular flexibility index (Phi) is 7.24. The van der Waals surface area contributed by atoms with Gasteiger partial charge in [-0.15, -0.1) is 0 Å². The molecule has 1 heterocycles. The molecule has 3 aliphatic carbocycles. The summed E-state index contributed by atoms with van der Waals surface area (Å²) in [6.07, 6.45) is 7.30. The molecule has 0 bridgehead atoms. The first-order valence-electron chi connectivity index (χ1n) is 16.2. The summed E-state index contributed by atoms with van der Waals surface area (Å²) < 4.78 is 20.2. The molecule has 4 aliphatic rings. The summed E-state index contributed by atoms with van der Waals surface area (Å²) >= 11 is 0. The number of allylic oxidation sites excluding steroid dienone is 1. The number of ether oxygens (including phenoxy) is 2. The molecule has 1 aliphatic heterocycles. The molecule has 3 aromatic rings. The van der Waals surface area contributed by atoms with Crippen molar-refractivity contribution in [2.75, 3.05) is 19.8 Å². The van der Waals surface area contributed by atoms with Crippen LogP contribution in [0.5, 0.6) is 5.75 Å². The summed E-state index contributed by atoms with van der Waals surface area (Å²) in [5, 5.41) is 12.6. The highest BCUT2D eigenvalue weighted by atomic mass is 28.4. The lowest BCUT2D eigenvalue weighted by molar-refractivity contribution is -0.232. The van der Waals surface area contributed by atoms with Crippen LogP contribution in [0.3, 0.4) is 0 Å². The lowest BCUT2D eigenvalue weighted by Gasteiger charge is -2.54. The molecule has 0 unspecified atom stereocenters. The van der Waals surface area contributed by atoms with Crippen molar-refractivity contribution in [2.24, 2.45) is 17.3 Å². The molecule has 5 heteroatoms. The smallest absolute Gasteiger partial charge is 0.319 e. The number of hydrogen-bond donors (Lipinski definition) is 1. The second kappa shape index (κ2) is 10.7. The Morgan fingerprint density at radius 3 is 2.19 bits per heavy atom. The predicted octanol–water partition coefficient (Wildman–Crippen LogP) is 6.75. The van der Waals surface area contributed by atoms with E-state index in [1.54, 1.807) is 0 Å². The van der Waals surface area contributed by atoms with Crippen LogP contribution in [-0.4, -0.2) is 39.0 Å². The summed E-state index contributed by atoms with van der Waals surface area (Å²) in [4.78, 5) is 0. The molecular formula is C38H46O4Si. The maximum Gasteiger partial charge on any atom is 0.319 e. The third kappa shape index (κ3) is 4.41. The van der Waals surface area contributed by atoms with Gasteiger partial charge in [-0.05, 0) is 76.2 Å². The normalized spacial score (nSPS) is 28.9. The van der Waals surface area contributed by atoms with Gasteiger partial charge in [0, 0.05) is 17.8 Å². The summed E-state index contributed by atoms with van der Waals surface area (Å²) in [5.41, 5.74) is 4.11. The van der Waals surface area contributed by atoms with Gasteiger partial charge in [0.05, 0.1) is 19.8 Å². The zero-order valence-electron chi connectivity index (χ0n) is 26.1. The van der Waals surface area contributed by atoms with Gasteiger partial charge in [-0.3, -0.25) is 0 Å². The zero-order chi connectivity index (χ0) is 29.9. The number of aliphatic hydroxyl groups excluding tert-OH is 1. The molecule has 4 atom stereocenters. The van der Waals surface area contributed by atoms with E-state index in [-0.39, 0.29) is 17.1 Å². The fourth-order valence-corrected chi connectivity index (χ4v) is 14.0. The third-order valence-electron chi connectivity index (χ3n) is 11.4. The summed E-state index contributed by atoms with van der Waals surface area (Å²) in [7, 11) is -2.71. The molecule has 43 heavy (non-hydrogen) atoms. The van der Waals surface area contributed by atoms with Gasteiger partial charge in [-0.2, -0.15) is 0 Å².